The third kappa shape index (κ3) is 4.06. The number of benzene rings is 1. The number of hydrogen-bond donors (Lipinski definition) is 1. The number of anilines is 1. The number of thiophene rings is 1. The zero-order valence-electron chi connectivity index (χ0n) is 12.6. The third-order valence-corrected chi connectivity index (χ3v) is 4.01. The first-order valence-electron chi connectivity index (χ1n) is 6.79. The standard InChI is InChI=1S/C15H11F6NO2S/c1-2-24-13(23)11-10(6-25-12(11)22)7-3-8(14(16,17)18)5-9(4-7)15(19,20)21/h3-6H,2,22H2,1H3. The highest BCUT2D eigenvalue weighted by molar-refractivity contribution is 7.14. The van der Waals surface area contributed by atoms with Gasteiger partial charge in [0.2, 0.25) is 0 Å². The van der Waals surface area contributed by atoms with Crippen molar-refractivity contribution in [1.29, 1.82) is 0 Å². The topological polar surface area (TPSA) is 52.3 Å². The van der Waals surface area contributed by atoms with Gasteiger partial charge in [-0.25, -0.2) is 4.79 Å². The van der Waals surface area contributed by atoms with E-state index in [9.17, 15) is 31.1 Å². The van der Waals surface area contributed by atoms with Gasteiger partial charge >= 0.3 is 18.3 Å². The SMILES string of the molecule is CCOC(=O)c1c(-c2cc(C(F)(F)F)cc(C(F)(F)F)c2)csc1N. The fraction of sp³-hybridized carbons (Fsp3) is 0.267. The molecule has 0 fully saturated rings. The van der Waals surface area contributed by atoms with Crippen molar-refractivity contribution in [1.82, 2.24) is 0 Å². The molecular formula is C15H11F6NO2S. The lowest BCUT2D eigenvalue weighted by Gasteiger charge is -2.14. The van der Waals surface area contributed by atoms with Gasteiger partial charge in [-0.2, -0.15) is 26.3 Å². The van der Waals surface area contributed by atoms with E-state index in [1.165, 1.54) is 12.3 Å². The van der Waals surface area contributed by atoms with Crippen LogP contribution >= 0.6 is 11.3 Å². The molecule has 0 amide bonds. The van der Waals surface area contributed by atoms with Crippen molar-refractivity contribution in [2.24, 2.45) is 0 Å². The van der Waals surface area contributed by atoms with Gasteiger partial charge < -0.3 is 10.5 Å². The highest BCUT2D eigenvalue weighted by atomic mass is 32.1. The molecule has 0 bridgehead atoms. The maximum absolute atomic E-state index is 13.0. The summed E-state index contributed by atoms with van der Waals surface area (Å²) in [5.74, 6) is -0.915. The Balaban J connectivity index is 2.70. The Hall–Kier alpha value is -2.23. The van der Waals surface area contributed by atoms with Gasteiger partial charge in [-0.1, -0.05) is 0 Å². The lowest BCUT2D eigenvalue weighted by Crippen LogP contribution is -2.12. The van der Waals surface area contributed by atoms with E-state index < -0.39 is 35.0 Å². The minimum absolute atomic E-state index is 0.0171. The first-order valence-corrected chi connectivity index (χ1v) is 7.67. The predicted molar refractivity (Wildman–Crippen MR) is 80.1 cm³/mol. The number of nitrogens with two attached hydrogens (primary N) is 1. The van der Waals surface area contributed by atoms with Crippen LogP contribution in [0.4, 0.5) is 31.3 Å². The zero-order chi connectivity index (χ0) is 19.0. The number of alkyl halides is 6. The number of rotatable bonds is 3. The summed E-state index contributed by atoms with van der Waals surface area (Å²) in [6.07, 6.45) is -9.97. The quantitative estimate of drug-likeness (QED) is 0.585. The Kier molecular flexibility index (Phi) is 5.03. The van der Waals surface area contributed by atoms with Crippen molar-refractivity contribution in [2.45, 2.75) is 19.3 Å². The average Bonchev–Trinajstić information content (AvgIpc) is 2.87. The van der Waals surface area contributed by atoms with Crippen LogP contribution in [0.5, 0.6) is 0 Å². The molecule has 1 aromatic carbocycles. The normalized spacial score (nSPS) is 12.3. The summed E-state index contributed by atoms with van der Waals surface area (Å²) in [6, 6.07) is 1.10. The van der Waals surface area contributed by atoms with Gasteiger partial charge in [0, 0.05) is 10.9 Å². The Bertz CT molecular complexity index is 762. The summed E-state index contributed by atoms with van der Waals surface area (Å²) in [5, 5.41) is 1.16. The van der Waals surface area contributed by atoms with E-state index in [2.05, 4.69) is 0 Å². The molecule has 0 saturated heterocycles. The molecule has 1 aromatic heterocycles. The highest BCUT2D eigenvalue weighted by Crippen LogP contribution is 2.41. The first-order chi connectivity index (χ1) is 11.4. The monoisotopic (exact) mass is 383 g/mol. The van der Waals surface area contributed by atoms with Crippen LogP contribution in [-0.4, -0.2) is 12.6 Å². The lowest BCUT2D eigenvalue weighted by atomic mass is 9.98. The van der Waals surface area contributed by atoms with Crippen molar-refractivity contribution in [3.05, 3.63) is 40.3 Å². The summed E-state index contributed by atoms with van der Waals surface area (Å²) < 4.78 is 82.5. The average molecular weight is 383 g/mol. The van der Waals surface area contributed by atoms with Crippen molar-refractivity contribution in [3.63, 3.8) is 0 Å². The molecule has 0 aliphatic carbocycles. The second kappa shape index (κ2) is 6.58. The van der Waals surface area contributed by atoms with E-state index in [0.29, 0.717) is 12.1 Å². The summed E-state index contributed by atoms with van der Waals surface area (Å²) in [4.78, 5) is 11.9. The van der Waals surface area contributed by atoms with Gasteiger partial charge in [0.15, 0.2) is 0 Å². The van der Waals surface area contributed by atoms with E-state index in [0.717, 1.165) is 11.3 Å². The van der Waals surface area contributed by atoms with E-state index in [-0.39, 0.29) is 28.8 Å². The molecule has 0 atom stereocenters. The van der Waals surface area contributed by atoms with Crippen molar-refractivity contribution in [2.75, 3.05) is 12.3 Å². The highest BCUT2D eigenvalue weighted by Gasteiger charge is 2.37. The molecule has 1 heterocycles. The molecular weight excluding hydrogens is 372 g/mol. The minimum atomic E-state index is -4.98. The third-order valence-electron chi connectivity index (χ3n) is 3.20. The number of esters is 1. The molecule has 0 saturated carbocycles. The molecule has 0 spiro atoms. The van der Waals surface area contributed by atoms with Gasteiger partial charge in [-0.3, -0.25) is 0 Å². The molecule has 0 aliphatic heterocycles. The second-order valence-electron chi connectivity index (χ2n) is 4.90. The van der Waals surface area contributed by atoms with Crippen LogP contribution in [0.25, 0.3) is 11.1 Å². The van der Waals surface area contributed by atoms with Crippen molar-refractivity contribution < 1.29 is 35.9 Å². The molecule has 25 heavy (non-hydrogen) atoms. The van der Waals surface area contributed by atoms with Crippen molar-refractivity contribution in [3.8, 4) is 11.1 Å². The maximum atomic E-state index is 13.0. The van der Waals surface area contributed by atoms with E-state index in [4.69, 9.17) is 10.5 Å². The minimum Gasteiger partial charge on any atom is -0.462 e. The first kappa shape index (κ1) is 19.1. The molecule has 2 rings (SSSR count). The van der Waals surface area contributed by atoms with Crippen molar-refractivity contribution >= 4 is 22.3 Å². The van der Waals surface area contributed by atoms with Gasteiger partial charge in [-0.05, 0) is 30.7 Å². The number of halogens is 6. The van der Waals surface area contributed by atoms with E-state index in [1.54, 1.807) is 0 Å². The van der Waals surface area contributed by atoms with Crippen LogP contribution in [0.15, 0.2) is 23.6 Å². The van der Waals surface area contributed by atoms with Crippen LogP contribution in [0.3, 0.4) is 0 Å². The number of hydrogen-bond acceptors (Lipinski definition) is 4. The Morgan fingerprint density at radius 2 is 1.60 bits per heavy atom. The Morgan fingerprint density at radius 3 is 2.04 bits per heavy atom. The maximum Gasteiger partial charge on any atom is 0.416 e. The van der Waals surface area contributed by atoms with Gasteiger partial charge in [0.1, 0.15) is 10.6 Å². The smallest absolute Gasteiger partial charge is 0.416 e. The molecule has 3 nitrogen and oxygen atoms in total. The van der Waals surface area contributed by atoms with Crippen LogP contribution < -0.4 is 5.73 Å². The van der Waals surface area contributed by atoms with Crippen LogP contribution in [0.2, 0.25) is 0 Å². The van der Waals surface area contributed by atoms with Gasteiger partial charge in [-0.15, -0.1) is 11.3 Å². The molecule has 0 aliphatic rings. The van der Waals surface area contributed by atoms with E-state index >= 15 is 0 Å². The summed E-state index contributed by atoms with van der Waals surface area (Å²) in [6.45, 7) is 1.48. The van der Waals surface area contributed by atoms with Gasteiger partial charge in [0.25, 0.3) is 0 Å². The molecule has 136 valence electrons. The predicted octanol–water partition coefficient (Wildman–Crippen LogP) is 5.21. The van der Waals surface area contributed by atoms with Crippen LogP contribution in [0.1, 0.15) is 28.4 Å². The summed E-state index contributed by atoms with van der Waals surface area (Å²) >= 11 is 0.821. The summed E-state index contributed by atoms with van der Waals surface area (Å²) in [5.41, 5.74) is 1.87. The number of nitrogen functional groups attached to an aromatic ring is 1. The van der Waals surface area contributed by atoms with Crippen LogP contribution in [-0.2, 0) is 17.1 Å². The number of ether oxygens (including phenoxy) is 1. The molecule has 0 radical (unpaired) electrons. The summed E-state index contributed by atoms with van der Waals surface area (Å²) in [7, 11) is 0. The number of carbonyl (C=O) groups is 1. The fourth-order valence-electron chi connectivity index (χ4n) is 2.11. The largest absolute Gasteiger partial charge is 0.462 e. The number of carbonyl (C=O) groups excluding carboxylic acids is 1. The Morgan fingerprint density at radius 1 is 1.08 bits per heavy atom. The molecule has 10 heteroatoms. The molecule has 2 N–H and O–H groups in total. The second-order valence-corrected chi connectivity index (χ2v) is 5.81. The van der Waals surface area contributed by atoms with Gasteiger partial charge in [0.05, 0.1) is 17.7 Å². The van der Waals surface area contributed by atoms with E-state index in [1.807, 2.05) is 0 Å². The molecule has 0 unspecified atom stereocenters. The molecule has 2 aromatic rings. The zero-order valence-corrected chi connectivity index (χ0v) is 13.4. The fourth-order valence-corrected chi connectivity index (χ4v) is 2.92. The Labute approximate surface area is 142 Å². The lowest BCUT2D eigenvalue weighted by molar-refractivity contribution is -0.143. The van der Waals surface area contributed by atoms with Crippen LogP contribution in [0, 0.1) is 0 Å².